The van der Waals surface area contributed by atoms with Gasteiger partial charge < -0.3 is 9.73 Å². The van der Waals surface area contributed by atoms with Gasteiger partial charge in [-0.3, -0.25) is 4.79 Å². The van der Waals surface area contributed by atoms with Crippen LogP contribution < -0.4 is 5.32 Å². The Morgan fingerprint density at radius 2 is 1.69 bits per heavy atom. The van der Waals surface area contributed by atoms with Crippen molar-refractivity contribution in [3.8, 4) is 0 Å². The lowest BCUT2D eigenvalue weighted by molar-refractivity contribution is -0.120. The van der Waals surface area contributed by atoms with Crippen molar-refractivity contribution >= 4 is 16.9 Å². The number of carbonyl (C=O) groups excluding carboxylic acids is 1. The molecule has 0 fully saturated rings. The Morgan fingerprint density at radius 1 is 0.923 bits per heavy atom. The number of nitrogens with one attached hydrogen (secondary N) is 1. The third-order valence-electron chi connectivity index (χ3n) is 4.74. The predicted octanol–water partition coefficient (Wildman–Crippen LogP) is 5.07. The molecule has 3 aromatic rings. The van der Waals surface area contributed by atoms with Crippen LogP contribution in [0.25, 0.3) is 11.0 Å². The molecule has 1 amide bonds. The molecule has 0 saturated carbocycles. The molecule has 2 aromatic carbocycles. The lowest BCUT2D eigenvalue weighted by Gasteiger charge is -2.06. The van der Waals surface area contributed by atoms with Gasteiger partial charge in [-0.05, 0) is 37.3 Å². The van der Waals surface area contributed by atoms with E-state index >= 15 is 0 Å². The Bertz CT molecular complexity index is 836. The maximum Gasteiger partial charge on any atom is 0.219 e. The largest absolute Gasteiger partial charge is 0.461 e. The minimum absolute atomic E-state index is 0.116. The van der Waals surface area contributed by atoms with E-state index in [2.05, 4.69) is 47.8 Å². The van der Waals surface area contributed by atoms with Crippen LogP contribution in [0.5, 0.6) is 0 Å². The number of aryl methyl sites for hydroxylation is 3. The number of benzene rings is 2. The molecule has 0 aliphatic carbocycles. The summed E-state index contributed by atoms with van der Waals surface area (Å²) in [6, 6.07) is 18.8. The van der Waals surface area contributed by atoms with E-state index in [0.717, 1.165) is 50.0 Å². The average Bonchev–Trinajstić information content (AvgIpc) is 3.03. The highest BCUT2D eigenvalue weighted by molar-refractivity contribution is 5.82. The highest BCUT2D eigenvalue weighted by atomic mass is 16.3. The van der Waals surface area contributed by atoms with Crippen molar-refractivity contribution in [2.75, 3.05) is 6.54 Å². The van der Waals surface area contributed by atoms with Gasteiger partial charge in [-0.2, -0.15) is 0 Å². The van der Waals surface area contributed by atoms with Crippen LogP contribution in [0.2, 0.25) is 0 Å². The van der Waals surface area contributed by atoms with Crippen LogP contribution in [0.3, 0.4) is 0 Å². The van der Waals surface area contributed by atoms with E-state index in [-0.39, 0.29) is 5.91 Å². The highest BCUT2D eigenvalue weighted by Gasteiger charge is 2.13. The molecule has 3 nitrogen and oxygen atoms in total. The fourth-order valence-corrected chi connectivity index (χ4v) is 3.34. The minimum atomic E-state index is 0.116. The molecule has 0 bridgehead atoms. The molecular formula is C23H27NO2. The molecule has 1 aromatic heterocycles. The Morgan fingerprint density at radius 3 is 2.50 bits per heavy atom. The van der Waals surface area contributed by atoms with Gasteiger partial charge in [0, 0.05) is 30.3 Å². The molecule has 0 atom stereocenters. The van der Waals surface area contributed by atoms with Gasteiger partial charge in [0.1, 0.15) is 11.3 Å². The van der Waals surface area contributed by atoms with E-state index in [1.165, 1.54) is 16.5 Å². The first-order chi connectivity index (χ1) is 12.8. The van der Waals surface area contributed by atoms with E-state index in [1.54, 1.807) is 0 Å². The molecule has 26 heavy (non-hydrogen) atoms. The number of rotatable bonds is 9. The zero-order valence-corrected chi connectivity index (χ0v) is 15.5. The summed E-state index contributed by atoms with van der Waals surface area (Å²) in [4.78, 5) is 11.4. The number of fused-ring (bicyclic) bond motifs is 1. The number of furan rings is 1. The van der Waals surface area contributed by atoms with Crippen LogP contribution in [0.1, 0.15) is 43.1 Å². The summed E-state index contributed by atoms with van der Waals surface area (Å²) in [6.45, 7) is 2.60. The maximum atomic E-state index is 11.4. The molecule has 0 aliphatic rings. The van der Waals surface area contributed by atoms with Crippen LogP contribution in [0.4, 0.5) is 0 Å². The van der Waals surface area contributed by atoms with Crippen molar-refractivity contribution in [2.45, 2.75) is 45.4 Å². The second-order valence-corrected chi connectivity index (χ2v) is 6.65. The monoisotopic (exact) mass is 349 g/mol. The summed E-state index contributed by atoms with van der Waals surface area (Å²) in [6.07, 6.45) is 5.48. The summed E-state index contributed by atoms with van der Waals surface area (Å²) in [5.74, 6) is 1.22. The Labute approximate surface area is 155 Å². The van der Waals surface area contributed by atoms with E-state index in [4.69, 9.17) is 4.42 Å². The van der Waals surface area contributed by atoms with Crippen LogP contribution in [0.15, 0.2) is 59.0 Å². The zero-order valence-electron chi connectivity index (χ0n) is 15.5. The highest BCUT2D eigenvalue weighted by Crippen LogP contribution is 2.28. The van der Waals surface area contributed by atoms with Gasteiger partial charge >= 0.3 is 0 Å². The van der Waals surface area contributed by atoms with Crippen LogP contribution >= 0.6 is 0 Å². The lowest BCUT2D eigenvalue weighted by atomic mass is 10.0. The van der Waals surface area contributed by atoms with Gasteiger partial charge in [0.05, 0.1) is 0 Å². The van der Waals surface area contributed by atoms with Crippen molar-refractivity contribution in [3.63, 3.8) is 0 Å². The molecular weight excluding hydrogens is 322 g/mol. The first kappa shape index (κ1) is 18.2. The third-order valence-corrected chi connectivity index (χ3v) is 4.74. The van der Waals surface area contributed by atoms with E-state index < -0.39 is 0 Å². The maximum absolute atomic E-state index is 11.4. The molecule has 1 heterocycles. The first-order valence-corrected chi connectivity index (χ1v) is 9.58. The summed E-state index contributed by atoms with van der Waals surface area (Å²) in [5, 5.41) is 4.17. The number of hydrogen-bond donors (Lipinski definition) is 1. The molecule has 136 valence electrons. The van der Waals surface area contributed by atoms with Crippen molar-refractivity contribution in [2.24, 2.45) is 0 Å². The molecule has 0 unspecified atom stereocenters. The third kappa shape index (κ3) is 4.75. The fourth-order valence-electron chi connectivity index (χ4n) is 3.34. The standard InChI is InChI=1S/C23H27NO2/c1-2-23(25)24-17-9-14-20-19-13-6-7-15-21(19)26-22(20)16-8-12-18-10-4-3-5-11-18/h3-7,10-11,13,15H,2,8-9,12,14,16-17H2,1H3,(H,24,25). The molecule has 0 saturated heterocycles. The van der Waals surface area contributed by atoms with Crippen LogP contribution in [-0.2, 0) is 24.1 Å². The van der Waals surface area contributed by atoms with Gasteiger partial charge in [0.2, 0.25) is 5.91 Å². The van der Waals surface area contributed by atoms with Crippen molar-refractivity contribution in [1.29, 1.82) is 0 Å². The quantitative estimate of drug-likeness (QED) is 0.548. The lowest BCUT2D eigenvalue weighted by Crippen LogP contribution is -2.23. The van der Waals surface area contributed by atoms with Gasteiger partial charge in [0.25, 0.3) is 0 Å². The Hall–Kier alpha value is -2.55. The zero-order chi connectivity index (χ0) is 18.2. The van der Waals surface area contributed by atoms with Crippen molar-refractivity contribution in [3.05, 3.63) is 71.5 Å². The summed E-state index contributed by atoms with van der Waals surface area (Å²) >= 11 is 0. The summed E-state index contributed by atoms with van der Waals surface area (Å²) in [7, 11) is 0. The van der Waals surface area contributed by atoms with E-state index in [9.17, 15) is 4.79 Å². The molecule has 0 spiro atoms. The van der Waals surface area contributed by atoms with Crippen molar-refractivity contribution in [1.82, 2.24) is 5.32 Å². The summed E-state index contributed by atoms with van der Waals surface area (Å²) in [5.41, 5.74) is 3.64. The first-order valence-electron chi connectivity index (χ1n) is 9.58. The van der Waals surface area contributed by atoms with Crippen molar-refractivity contribution < 1.29 is 9.21 Å². The van der Waals surface area contributed by atoms with E-state index in [0.29, 0.717) is 6.42 Å². The fraction of sp³-hybridized carbons (Fsp3) is 0.348. The van der Waals surface area contributed by atoms with Gasteiger partial charge in [-0.25, -0.2) is 0 Å². The molecule has 3 rings (SSSR count). The van der Waals surface area contributed by atoms with Gasteiger partial charge in [-0.15, -0.1) is 0 Å². The molecule has 3 heteroatoms. The SMILES string of the molecule is CCC(=O)NCCCc1c(CCCc2ccccc2)oc2ccccc12. The average molecular weight is 349 g/mol. The Kier molecular flexibility index (Phi) is 6.48. The second kappa shape index (κ2) is 9.23. The van der Waals surface area contributed by atoms with Gasteiger partial charge in [-0.1, -0.05) is 55.5 Å². The predicted molar refractivity (Wildman–Crippen MR) is 106 cm³/mol. The summed E-state index contributed by atoms with van der Waals surface area (Å²) < 4.78 is 6.15. The topological polar surface area (TPSA) is 42.2 Å². The van der Waals surface area contributed by atoms with Crippen LogP contribution in [0, 0.1) is 0 Å². The van der Waals surface area contributed by atoms with E-state index in [1.807, 2.05) is 19.1 Å². The normalized spacial score (nSPS) is 11.0. The number of amides is 1. The number of carbonyl (C=O) groups is 1. The molecule has 0 aliphatic heterocycles. The second-order valence-electron chi connectivity index (χ2n) is 6.65. The molecule has 0 radical (unpaired) electrons. The minimum Gasteiger partial charge on any atom is -0.461 e. The van der Waals surface area contributed by atoms with Crippen LogP contribution in [-0.4, -0.2) is 12.5 Å². The molecule has 1 N–H and O–H groups in total. The number of hydrogen-bond acceptors (Lipinski definition) is 2. The smallest absolute Gasteiger partial charge is 0.219 e. The van der Waals surface area contributed by atoms with Gasteiger partial charge in [0.15, 0.2) is 0 Å². The Balaban J connectivity index is 1.65. The number of para-hydroxylation sites is 1.